The molecule has 4 rings (SSSR count). The molecule has 1 fully saturated rings. The van der Waals surface area contributed by atoms with Crippen molar-refractivity contribution >= 4 is 52.8 Å². The minimum atomic E-state index is -1.84. The molecule has 3 aromatic rings. The number of nitrogens with zero attached hydrogens (tertiary/aromatic N) is 5. The maximum absolute atomic E-state index is 12.7. The Kier molecular flexibility index (Phi) is 12.8. The first-order valence-electron chi connectivity index (χ1n) is 15.7. The molecule has 0 bridgehead atoms. The quantitative estimate of drug-likeness (QED) is 0.0819. The molecule has 3 heterocycles. The summed E-state index contributed by atoms with van der Waals surface area (Å²) < 4.78 is 44.5. The number of fused-ring (bicyclic) bond motifs is 1. The number of anilines is 1. The third-order valence-electron chi connectivity index (χ3n) is 7.15. The van der Waals surface area contributed by atoms with Gasteiger partial charge in [-0.2, -0.15) is 9.97 Å². The van der Waals surface area contributed by atoms with Gasteiger partial charge in [0.2, 0.25) is 24.2 Å². The fourth-order valence-electron chi connectivity index (χ4n) is 4.92. The van der Waals surface area contributed by atoms with Crippen molar-refractivity contribution in [2.75, 3.05) is 19.0 Å². The molecule has 1 aliphatic rings. The van der Waals surface area contributed by atoms with Crippen LogP contribution < -0.4 is 14.8 Å². The highest BCUT2D eigenvalue weighted by molar-refractivity contribution is 5.85. The number of nitrogens with one attached hydrogen (secondary N) is 1. The van der Waals surface area contributed by atoms with Gasteiger partial charge in [0, 0.05) is 33.9 Å². The Bertz CT molecular complexity index is 1830. The Morgan fingerprint density at radius 2 is 1.67 bits per heavy atom. The van der Waals surface area contributed by atoms with Gasteiger partial charge in [-0.25, -0.2) is 14.6 Å². The van der Waals surface area contributed by atoms with Gasteiger partial charge >= 0.3 is 35.7 Å². The second-order valence-corrected chi connectivity index (χ2v) is 11.1. The van der Waals surface area contributed by atoms with E-state index in [0.717, 1.165) is 52.9 Å². The number of rotatable bonds is 14. The van der Waals surface area contributed by atoms with E-state index in [0.29, 0.717) is 17.8 Å². The zero-order valence-electron chi connectivity index (χ0n) is 28.9. The van der Waals surface area contributed by atoms with Crippen LogP contribution in [0.25, 0.3) is 11.2 Å². The van der Waals surface area contributed by atoms with Crippen molar-refractivity contribution in [2.24, 2.45) is 7.05 Å². The number of aromatic nitrogens is 4. The number of unbranched alkanes of at least 4 members (excludes halogenated alkanes) is 1. The van der Waals surface area contributed by atoms with Gasteiger partial charge in [0.15, 0.2) is 35.2 Å². The van der Waals surface area contributed by atoms with Gasteiger partial charge in [-0.05, 0) is 18.1 Å². The maximum Gasteiger partial charge on any atom is 0.414 e. The van der Waals surface area contributed by atoms with Crippen LogP contribution >= 0.6 is 0 Å². The van der Waals surface area contributed by atoms with Crippen LogP contribution in [-0.2, 0) is 61.3 Å². The smallest absolute Gasteiger partial charge is 0.414 e. The number of nitro benzene ring substituents is 1. The summed E-state index contributed by atoms with van der Waals surface area (Å²) in [5.41, 5.74) is 0.269. The van der Waals surface area contributed by atoms with Gasteiger partial charge in [0.05, 0.1) is 25.0 Å². The number of imidazole rings is 1. The lowest BCUT2D eigenvalue weighted by molar-refractivity contribution is -0.387. The minimum Gasteiger partial charge on any atom is -0.476 e. The van der Waals surface area contributed by atoms with Crippen LogP contribution in [0, 0.1) is 10.1 Å². The number of ether oxygens (including phenoxy) is 8. The number of carbonyl (C=O) groups excluding carboxylic acids is 5. The average molecular weight is 733 g/mol. The zero-order chi connectivity index (χ0) is 38.1. The molecule has 3 unspecified atom stereocenters. The van der Waals surface area contributed by atoms with Crippen LogP contribution in [0.2, 0.25) is 0 Å². The number of amides is 1. The van der Waals surface area contributed by atoms with E-state index < -0.39 is 83.6 Å². The van der Waals surface area contributed by atoms with Crippen LogP contribution in [0.4, 0.5) is 16.4 Å². The molecule has 5 atom stereocenters. The molecule has 21 nitrogen and oxygen atoms in total. The summed E-state index contributed by atoms with van der Waals surface area (Å²) in [6, 6.07) is 3.49. The van der Waals surface area contributed by atoms with Gasteiger partial charge in [-0.15, -0.1) is 0 Å². The lowest BCUT2D eigenvalue weighted by atomic mass is 9.97. The van der Waals surface area contributed by atoms with Gasteiger partial charge in [0.25, 0.3) is 0 Å². The zero-order valence-corrected chi connectivity index (χ0v) is 28.9. The molecular formula is C31H36N6O15. The molecule has 0 saturated carbocycles. The van der Waals surface area contributed by atoms with Crippen molar-refractivity contribution in [3.8, 4) is 11.6 Å². The van der Waals surface area contributed by atoms with E-state index in [-0.39, 0.29) is 17.4 Å². The van der Waals surface area contributed by atoms with Crippen LogP contribution in [0.1, 0.15) is 46.1 Å². The highest BCUT2D eigenvalue weighted by Crippen LogP contribution is 2.35. The first kappa shape index (κ1) is 38.7. The van der Waals surface area contributed by atoms with Crippen molar-refractivity contribution in [1.82, 2.24) is 19.5 Å². The first-order chi connectivity index (χ1) is 24.7. The third kappa shape index (κ3) is 9.56. The number of hydrogen-bond donors (Lipinski definition) is 1. The number of methoxy groups -OCH3 is 1. The first-order valence-corrected chi connectivity index (χ1v) is 15.7. The van der Waals surface area contributed by atoms with E-state index in [4.69, 9.17) is 37.9 Å². The van der Waals surface area contributed by atoms with Gasteiger partial charge in [-0.1, -0.05) is 19.4 Å². The Morgan fingerprint density at radius 1 is 1.00 bits per heavy atom. The van der Waals surface area contributed by atoms with E-state index in [1.165, 1.54) is 12.4 Å². The van der Waals surface area contributed by atoms with Gasteiger partial charge in [0.1, 0.15) is 6.61 Å². The summed E-state index contributed by atoms with van der Waals surface area (Å²) in [6.07, 6.45) is -6.52. The predicted octanol–water partition coefficient (Wildman–Crippen LogP) is 2.27. The van der Waals surface area contributed by atoms with E-state index in [9.17, 15) is 34.1 Å². The Morgan fingerprint density at radius 3 is 2.31 bits per heavy atom. The third-order valence-corrected chi connectivity index (χ3v) is 7.15. The molecule has 1 aromatic carbocycles. The fourth-order valence-corrected chi connectivity index (χ4v) is 4.92. The summed E-state index contributed by atoms with van der Waals surface area (Å²) in [6.45, 7) is 4.93. The summed E-state index contributed by atoms with van der Waals surface area (Å²) >= 11 is 0. The van der Waals surface area contributed by atoms with Crippen molar-refractivity contribution in [1.29, 1.82) is 0 Å². The molecule has 1 amide bonds. The van der Waals surface area contributed by atoms with Crippen molar-refractivity contribution in [2.45, 2.75) is 77.8 Å². The summed E-state index contributed by atoms with van der Waals surface area (Å²) in [4.78, 5) is 85.5. The summed E-state index contributed by atoms with van der Waals surface area (Å²) in [5.74, 6) is -4.28. The van der Waals surface area contributed by atoms with Crippen LogP contribution in [0.15, 0.2) is 24.5 Å². The molecule has 2 aromatic heterocycles. The Labute approximate surface area is 294 Å². The van der Waals surface area contributed by atoms with Gasteiger partial charge in [-0.3, -0.25) is 29.8 Å². The molecule has 280 valence electrons. The Balaban J connectivity index is 1.55. The highest BCUT2D eigenvalue weighted by atomic mass is 16.7. The van der Waals surface area contributed by atoms with Crippen LogP contribution in [0.3, 0.4) is 0 Å². The SMILES string of the molecule is CCCCOc1nc(NC(=O)OCc2ccc(O[C@@H]3OC(C(=O)OC)[C@@H](OC(C)=O)C(OC(C)=O)C3OC(C)=O)c([N+](=O)[O-])c2)nc2c1ncn2C. The van der Waals surface area contributed by atoms with Crippen molar-refractivity contribution in [3.05, 3.63) is 40.2 Å². The molecule has 1 N–H and O–H groups in total. The molecule has 0 radical (unpaired) electrons. The second kappa shape index (κ2) is 17.2. The van der Waals surface area contributed by atoms with E-state index in [1.807, 2.05) is 6.92 Å². The fraction of sp³-hybridized carbons (Fsp3) is 0.484. The molecule has 0 aliphatic carbocycles. The number of carbonyl (C=O) groups is 5. The van der Waals surface area contributed by atoms with Crippen molar-refractivity contribution < 1.29 is 66.8 Å². The standard InChI is InChI=1S/C31H36N6O15/c1-7-8-11-46-27-21-26(36(5)14-32-21)33-30(34-27)35-31(42)47-13-18-9-10-20(19(12-18)37(43)44)51-29-25(50-17(4)40)23(49-16(3)39)22(48-15(2)38)24(52-29)28(41)45-6/h9-10,12,14,22-25,29H,7-8,11,13H2,1-6H3,(H,33,34,35,42)/t22-,23?,24?,25?,29+/m0/s1. The normalized spacial score (nSPS) is 19.5. The second-order valence-electron chi connectivity index (χ2n) is 11.1. The number of benzene rings is 1. The average Bonchev–Trinajstić information content (AvgIpc) is 3.45. The number of aryl methyl sites for hydroxylation is 1. The van der Waals surface area contributed by atoms with E-state index in [2.05, 4.69) is 20.3 Å². The van der Waals surface area contributed by atoms with E-state index in [1.54, 1.807) is 11.6 Å². The maximum atomic E-state index is 12.7. The molecule has 52 heavy (non-hydrogen) atoms. The lowest BCUT2D eigenvalue weighted by Gasteiger charge is -2.42. The number of nitro groups is 1. The predicted molar refractivity (Wildman–Crippen MR) is 172 cm³/mol. The lowest BCUT2D eigenvalue weighted by Crippen LogP contribution is -2.64. The Hall–Kier alpha value is -6.12. The molecule has 1 saturated heterocycles. The highest BCUT2D eigenvalue weighted by Gasteiger charge is 2.56. The number of esters is 4. The summed E-state index contributed by atoms with van der Waals surface area (Å²) in [7, 11) is 2.71. The van der Waals surface area contributed by atoms with E-state index >= 15 is 0 Å². The summed E-state index contributed by atoms with van der Waals surface area (Å²) in [5, 5.41) is 14.5. The monoisotopic (exact) mass is 732 g/mol. The van der Waals surface area contributed by atoms with Crippen molar-refractivity contribution in [3.63, 3.8) is 0 Å². The number of hydrogen-bond acceptors (Lipinski definition) is 18. The molecule has 21 heteroatoms. The minimum absolute atomic E-state index is 0.134. The van der Waals surface area contributed by atoms with Crippen LogP contribution in [0.5, 0.6) is 11.6 Å². The topological polar surface area (TPSA) is 258 Å². The molecular weight excluding hydrogens is 696 g/mol. The largest absolute Gasteiger partial charge is 0.476 e. The van der Waals surface area contributed by atoms with Crippen LogP contribution in [-0.4, -0.2) is 98.8 Å². The van der Waals surface area contributed by atoms with Gasteiger partial charge < -0.3 is 42.5 Å². The molecule has 1 aliphatic heterocycles. The molecule has 0 spiro atoms.